The molecule has 2 aliphatic carbocycles. The van der Waals surface area contributed by atoms with Gasteiger partial charge in [0.1, 0.15) is 10.0 Å². The lowest BCUT2D eigenvalue weighted by molar-refractivity contribution is 0.0517. The van der Waals surface area contributed by atoms with Gasteiger partial charge in [-0.15, -0.1) is 22.7 Å². The predicted octanol–water partition coefficient (Wildman–Crippen LogP) is 4.19. The fourth-order valence-electron chi connectivity index (χ4n) is 4.17. The SMILES string of the molecule is CCOC(=O)c1c(N)sc2c1CCCC2=NN=C1CCCc2c1sc(N)c2C(=O)OCC. The molecule has 4 rings (SSSR count). The molecule has 170 valence electrons. The van der Waals surface area contributed by atoms with E-state index in [1.165, 1.54) is 22.7 Å². The summed E-state index contributed by atoms with van der Waals surface area (Å²) >= 11 is 2.73. The Morgan fingerprint density at radius 1 is 0.781 bits per heavy atom. The number of hydrogen-bond acceptors (Lipinski definition) is 10. The molecule has 2 aromatic rings. The third-order valence-electron chi connectivity index (χ3n) is 5.52. The molecular formula is C22H26N4O4S2. The highest BCUT2D eigenvalue weighted by atomic mass is 32.1. The van der Waals surface area contributed by atoms with Crippen molar-refractivity contribution in [1.82, 2.24) is 0 Å². The quantitative estimate of drug-likeness (QED) is 0.494. The van der Waals surface area contributed by atoms with Crippen molar-refractivity contribution < 1.29 is 19.1 Å². The summed E-state index contributed by atoms with van der Waals surface area (Å²) in [5, 5.41) is 10.1. The Labute approximate surface area is 194 Å². The standard InChI is InChI=1S/C22H26N4O4S2/c1-3-29-21(27)15-11-7-5-9-13(17(11)31-19(15)23)25-26-14-10-6-8-12-16(22(28)30-4-2)20(24)32-18(12)14/h3-10,23-24H2,1-2H3. The van der Waals surface area contributed by atoms with Crippen molar-refractivity contribution in [3.63, 3.8) is 0 Å². The zero-order chi connectivity index (χ0) is 22.8. The lowest BCUT2D eigenvalue weighted by atomic mass is 9.94. The van der Waals surface area contributed by atoms with Crippen LogP contribution in [-0.2, 0) is 22.3 Å². The largest absolute Gasteiger partial charge is 0.462 e. The number of carbonyl (C=O) groups is 2. The number of esters is 2. The van der Waals surface area contributed by atoms with E-state index in [9.17, 15) is 9.59 Å². The van der Waals surface area contributed by atoms with Crippen LogP contribution in [0.25, 0.3) is 0 Å². The minimum Gasteiger partial charge on any atom is -0.462 e. The maximum absolute atomic E-state index is 12.4. The van der Waals surface area contributed by atoms with E-state index in [1.54, 1.807) is 13.8 Å². The fraction of sp³-hybridized carbons (Fsp3) is 0.455. The number of nitrogen functional groups attached to an aromatic ring is 2. The monoisotopic (exact) mass is 474 g/mol. The number of carbonyl (C=O) groups excluding carboxylic acids is 2. The second kappa shape index (κ2) is 9.41. The third kappa shape index (κ3) is 4.04. The van der Waals surface area contributed by atoms with Crippen LogP contribution in [0.15, 0.2) is 10.2 Å². The van der Waals surface area contributed by atoms with Gasteiger partial charge in [0.25, 0.3) is 0 Å². The van der Waals surface area contributed by atoms with Gasteiger partial charge in [-0.1, -0.05) is 0 Å². The molecule has 32 heavy (non-hydrogen) atoms. The van der Waals surface area contributed by atoms with Crippen LogP contribution in [0.5, 0.6) is 0 Å². The molecule has 0 spiro atoms. The molecular weight excluding hydrogens is 448 g/mol. The van der Waals surface area contributed by atoms with Gasteiger partial charge >= 0.3 is 11.9 Å². The fourth-order valence-corrected chi connectivity index (χ4v) is 6.40. The summed E-state index contributed by atoms with van der Waals surface area (Å²) < 4.78 is 10.4. The minimum atomic E-state index is -0.382. The molecule has 2 aromatic heterocycles. The van der Waals surface area contributed by atoms with Gasteiger partial charge in [0.15, 0.2) is 0 Å². The van der Waals surface area contributed by atoms with Crippen molar-refractivity contribution in [1.29, 1.82) is 0 Å². The van der Waals surface area contributed by atoms with Crippen molar-refractivity contribution in [3.8, 4) is 0 Å². The first kappa shape index (κ1) is 22.5. The molecule has 0 bridgehead atoms. The molecule has 0 saturated carbocycles. The number of nitrogens with two attached hydrogens (primary N) is 2. The molecule has 0 aromatic carbocycles. The zero-order valence-electron chi connectivity index (χ0n) is 18.2. The van der Waals surface area contributed by atoms with Gasteiger partial charge in [0, 0.05) is 0 Å². The maximum atomic E-state index is 12.4. The van der Waals surface area contributed by atoms with Crippen LogP contribution in [0.1, 0.15) is 81.1 Å². The van der Waals surface area contributed by atoms with Crippen molar-refractivity contribution in [3.05, 3.63) is 32.0 Å². The molecule has 4 N–H and O–H groups in total. The van der Waals surface area contributed by atoms with Gasteiger partial charge in [0.05, 0.1) is 45.5 Å². The van der Waals surface area contributed by atoms with E-state index >= 15 is 0 Å². The Kier molecular flexibility index (Phi) is 6.61. The van der Waals surface area contributed by atoms with Crippen LogP contribution < -0.4 is 11.5 Å². The molecule has 0 fully saturated rings. The lowest BCUT2D eigenvalue weighted by Gasteiger charge is -2.16. The number of anilines is 2. The van der Waals surface area contributed by atoms with E-state index < -0.39 is 0 Å². The summed E-state index contributed by atoms with van der Waals surface area (Å²) in [4.78, 5) is 26.6. The smallest absolute Gasteiger partial charge is 0.341 e. The first-order valence-corrected chi connectivity index (χ1v) is 12.4. The van der Waals surface area contributed by atoms with Crippen LogP contribution in [0, 0.1) is 0 Å². The van der Waals surface area contributed by atoms with Crippen LogP contribution in [0.4, 0.5) is 10.0 Å². The number of thiophene rings is 2. The van der Waals surface area contributed by atoms with Crippen LogP contribution >= 0.6 is 22.7 Å². The summed E-state index contributed by atoms with van der Waals surface area (Å²) in [5.74, 6) is -0.764. The number of nitrogens with zero attached hydrogens (tertiary/aromatic N) is 2. The van der Waals surface area contributed by atoms with E-state index in [0.717, 1.165) is 70.8 Å². The zero-order valence-corrected chi connectivity index (χ0v) is 19.8. The van der Waals surface area contributed by atoms with Crippen molar-refractivity contribution in [2.45, 2.75) is 52.4 Å². The van der Waals surface area contributed by atoms with Gasteiger partial charge in [-0.2, -0.15) is 10.2 Å². The average Bonchev–Trinajstić information content (AvgIpc) is 3.28. The molecule has 0 amide bonds. The maximum Gasteiger partial charge on any atom is 0.341 e. The van der Waals surface area contributed by atoms with E-state index in [2.05, 4.69) is 10.2 Å². The number of hydrogen-bond donors (Lipinski definition) is 2. The van der Waals surface area contributed by atoms with Gasteiger partial charge in [-0.05, 0) is 63.5 Å². The Morgan fingerprint density at radius 3 is 1.56 bits per heavy atom. The summed E-state index contributed by atoms with van der Waals surface area (Å²) in [6.45, 7) is 4.16. The second-order valence-corrected chi connectivity index (χ2v) is 9.64. The van der Waals surface area contributed by atoms with Gasteiger partial charge in [-0.3, -0.25) is 0 Å². The predicted molar refractivity (Wildman–Crippen MR) is 128 cm³/mol. The summed E-state index contributed by atoms with van der Waals surface area (Å²) in [7, 11) is 0. The number of fused-ring (bicyclic) bond motifs is 2. The Hall–Kier alpha value is -2.72. The van der Waals surface area contributed by atoms with Crippen LogP contribution in [-0.4, -0.2) is 36.6 Å². The number of rotatable bonds is 5. The van der Waals surface area contributed by atoms with E-state index in [1.807, 2.05) is 0 Å². The molecule has 8 nitrogen and oxygen atoms in total. The number of ether oxygens (including phenoxy) is 2. The highest BCUT2D eigenvalue weighted by Crippen LogP contribution is 2.39. The van der Waals surface area contributed by atoms with Crippen molar-refractivity contribution in [2.24, 2.45) is 10.2 Å². The molecule has 2 aliphatic rings. The summed E-state index contributed by atoms with van der Waals surface area (Å²) in [6, 6.07) is 0. The third-order valence-corrected chi connectivity index (χ3v) is 7.74. The Bertz CT molecular complexity index is 1040. The summed E-state index contributed by atoms with van der Waals surface area (Å²) in [6.07, 6.45) is 4.79. The van der Waals surface area contributed by atoms with Crippen molar-refractivity contribution >= 4 is 56.0 Å². The van der Waals surface area contributed by atoms with E-state index in [-0.39, 0.29) is 11.9 Å². The molecule has 0 atom stereocenters. The topological polar surface area (TPSA) is 129 Å². The van der Waals surface area contributed by atoms with E-state index in [0.29, 0.717) is 34.3 Å². The first-order chi connectivity index (χ1) is 15.5. The molecule has 0 radical (unpaired) electrons. The minimum absolute atomic E-state index is 0.303. The molecule has 10 heteroatoms. The van der Waals surface area contributed by atoms with Gasteiger partial charge in [-0.25, -0.2) is 9.59 Å². The molecule has 0 aliphatic heterocycles. The van der Waals surface area contributed by atoms with Crippen LogP contribution in [0.3, 0.4) is 0 Å². The van der Waals surface area contributed by atoms with E-state index in [4.69, 9.17) is 20.9 Å². The molecule has 2 heterocycles. The van der Waals surface area contributed by atoms with Gasteiger partial charge < -0.3 is 20.9 Å². The van der Waals surface area contributed by atoms with Crippen LogP contribution in [0.2, 0.25) is 0 Å². The second-order valence-electron chi connectivity index (χ2n) is 7.54. The molecule has 0 saturated heterocycles. The first-order valence-electron chi connectivity index (χ1n) is 10.8. The molecule has 0 unspecified atom stereocenters. The highest BCUT2D eigenvalue weighted by molar-refractivity contribution is 7.19. The highest BCUT2D eigenvalue weighted by Gasteiger charge is 2.30. The normalized spacial score (nSPS) is 17.8. The lowest BCUT2D eigenvalue weighted by Crippen LogP contribution is -2.15. The Morgan fingerprint density at radius 2 is 1.19 bits per heavy atom. The van der Waals surface area contributed by atoms with Crippen molar-refractivity contribution in [2.75, 3.05) is 24.7 Å². The Balaban J connectivity index is 1.69. The average molecular weight is 475 g/mol. The van der Waals surface area contributed by atoms with Gasteiger partial charge in [0.2, 0.25) is 0 Å². The summed E-state index contributed by atoms with van der Waals surface area (Å²) in [5.41, 5.74) is 16.7.